The van der Waals surface area contributed by atoms with Gasteiger partial charge in [0.25, 0.3) is 21.8 Å². The second-order valence-corrected chi connectivity index (χ2v) is 10.6. The number of carbonyl (C=O) groups is 2. The molecule has 0 radical (unpaired) electrons. The first-order valence-electron chi connectivity index (χ1n) is 9.74. The minimum absolute atomic E-state index is 0.0268. The van der Waals surface area contributed by atoms with Crippen molar-refractivity contribution in [1.29, 1.82) is 0 Å². The van der Waals surface area contributed by atoms with Gasteiger partial charge in [-0.3, -0.25) is 19.0 Å². The van der Waals surface area contributed by atoms with Crippen LogP contribution in [0.2, 0.25) is 5.02 Å². The molecule has 166 valence electrons. The van der Waals surface area contributed by atoms with Crippen molar-refractivity contribution in [2.45, 2.75) is 31.1 Å². The van der Waals surface area contributed by atoms with E-state index >= 15 is 0 Å². The van der Waals surface area contributed by atoms with Crippen LogP contribution in [0.15, 0.2) is 53.6 Å². The molecule has 2 amide bonds. The number of anilines is 2. The first-order chi connectivity index (χ1) is 14.9. The molecule has 8 nitrogen and oxygen atoms in total. The maximum Gasteiger partial charge on any atom is 0.269 e. The van der Waals surface area contributed by atoms with Gasteiger partial charge in [-0.05, 0) is 35.2 Å². The molecule has 0 atom stereocenters. The molecule has 1 N–H and O–H groups in total. The van der Waals surface area contributed by atoms with Gasteiger partial charge in [0.05, 0.1) is 26.7 Å². The molecule has 0 fully saturated rings. The number of sulfonamides is 1. The molecule has 0 spiro atoms. The Kier molecular flexibility index (Phi) is 5.14. The van der Waals surface area contributed by atoms with Crippen molar-refractivity contribution >= 4 is 44.9 Å². The van der Waals surface area contributed by atoms with Gasteiger partial charge in [-0.2, -0.15) is 5.10 Å². The first kappa shape index (κ1) is 22.0. The number of hydrogen-bond acceptors (Lipinski definition) is 5. The minimum Gasteiger partial charge on any atom is -0.279 e. The number of carbonyl (C=O) groups excluding carboxylic acids is 2. The molecule has 4 rings (SSSR count). The number of benzene rings is 2. The number of rotatable bonds is 4. The number of aryl methyl sites for hydroxylation is 1. The van der Waals surface area contributed by atoms with E-state index in [2.05, 4.69) is 9.82 Å². The summed E-state index contributed by atoms with van der Waals surface area (Å²) >= 11 is 6.21. The molecule has 0 bridgehead atoms. The van der Waals surface area contributed by atoms with Crippen LogP contribution in [0.4, 0.5) is 11.5 Å². The topological polar surface area (TPSA) is 101 Å². The SMILES string of the molecule is Cn1ccc(N2C(=O)c3c(Cl)ccc(NS(=O)(=O)c4ccc(C(C)(C)C)cc4)c3C2=O)n1. The van der Waals surface area contributed by atoms with Crippen LogP contribution in [-0.4, -0.2) is 30.0 Å². The fraction of sp³-hybridized carbons (Fsp3) is 0.227. The lowest BCUT2D eigenvalue weighted by Crippen LogP contribution is -2.30. The molecule has 1 aliphatic heterocycles. The molecule has 0 aliphatic carbocycles. The minimum atomic E-state index is -4.02. The molecule has 0 unspecified atom stereocenters. The number of nitrogens with zero attached hydrogens (tertiary/aromatic N) is 3. The van der Waals surface area contributed by atoms with Gasteiger partial charge in [0, 0.05) is 19.3 Å². The van der Waals surface area contributed by atoms with Crippen LogP contribution >= 0.6 is 11.6 Å². The van der Waals surface area contributed by atoms with Crippen molar-refractivity contribution in [1.82, 2.24) is 9.78 Å². The molecule has 2 aromatic carbocycles. The predicted octanol–water partition coefficient (Wildman–Crippen LogP) is 3.97. The summed E-state index contributed by atoms with van der Waals surface area (Å²) in [5, 5.41) is 4.16. The number of hydrogen-bond donors (Lipinski definition) is 1. The normalized spacial score (nSPS) is 14.1. The highest BCUT2D eigenvalue weighted by molar-refractivity contribution is 7.92. The lowest BCUT2D eigenvalue weighted by atomic mass is 9.87. The van der Waals surface area contributed by atoms with E-state index in [4.69, 9.17) is 11.6 Å². The van der Waals surface area contributed by atoms with Crippen LogP contribution in [-0.2, 0) is 22.5 Å². The fourth-order valence-electron chi connectivity index (χ4n) is 3.48. The molecular weight excluding hydrogens is 452 g/mol. The van der Waals surface area contributed by atoms with Crippen molar-refractivity contribution in [2.75, 3.05) is 9.62 Å². The number of amides is 2. The third-order valence-electron chi connectivity index (χ3n) is 5.19. The zero-order valence-electron chi connectivity index (χ0n) is 17.9. The molecule has 1 aliphatic rings. The second kappa shape index (κ2) is 7.46. The highest BCUT2D eigenvalue weighted by Crippen LogP contribution is 2.37. The van der Waals surface area contributed by atoms with E-state index in [1.807, 2.05) is 20.8 Å². The van der Waals surface area contributed by atoms with Gasteiger partial charge in [-0.1, -0.05) is 44.5 Å². The zero-order chi connectivity index (χ0) is 23.4. The Hall–Kier alpha value is -3.17. The summed E-state index contributed by atoms with van der Waals surface area (Å²) in [6, 6.07) is 10.8. The number of fused-ring (bicyclic) bond motifs is 1. The Balaban J connectivity index is 1.73. The Morgan fingerprint density at radius 2 is 1.56 bits per heavy atom. The third kappa shape index (κ3) is 3.67. The standard InChI is InChI=1S/C22H21ClN4O4S/c1-22(2,3)13-5-7-14(8-6-13)32(30,31)25-16-10-9-15(23)18-19(16)21(29)27(20(18)28)17-11-12-26(4)24-17/h5-12,25H,1-4H3. The Bertz CT molecular complexity index is 1360. The van der Waals surface area contributed by atoms with Crippen molar-refractivity contribution in [3.63, 3.8) is 0 Å². The summed E-state index contributed by atoms with van der Waals surface area (Å²) in [6.45, 7) is 6.09. The molecule has 0 saturated carbocycles. The average molecular weight is 473 g/mol. The van der Waals surface area contributed by atoms with E-state index in [1.165, 1.54) is 35.0 Å². The molecule has 1 aromatic heterocycles. The Morgan fingerprint density at radius 1 is 0.938 bits per heavy atom. The van der Waals surface area contributed by atoms with Crippen LogP contribution < -0.4 is 9.62 Å². The molecule has 32 heavy (non-hydrogen) atoms. The Labute approximate surface area is 190 Å². The van der Waals surface area contributed by atoms with E-state index < -0.39 is 21.8 Å². The van der Waals surface area contributed by atoms with E-state index in [1.54, 1.807) is 25.4 Å². The predicted molar refractivity (Wildman–Crippen MR) is 122 cm³/mol. The molecular formula is C22H21ClN4O4S. The van der Waals surface area contributed by atoms with E-state index in [-0.39, 0.29) is 38.0 Å². The quantitative estimate of drug-likeness (QED) is 0.579. The first-order valence-corrected chi connectivity index (χ1v) is 11.6. The van der Waals surface area contributed by atoms with E-state index in [0.29, 0.717) is 0 Å². The van der Waals surface area contributed by atoms with Gasteiger partial charge < -0.3 is 0 Å². The van der Waals surface area contributed by atoms with Gasteiger partial charge in [0.15, 0.2) is 5.82 Å². The molecule has 2 heterocycles. The molecule has 3 aromatic rings. The number of halogens is 1. The van der Waals surface area contributed by atoms with Crippen molar-refractivity contribution in [3.8, 4) is 0 Å². The molecule has 0 saturated heterocycles. The summed E-state index contributed by atoms with van der Waals surface area (Å²) < 4.78 is 29.9. The zero-order valence-corrected chi connectivity index (χ0v) is 19.5. The van der Waals surface area contributed by atoms with Gasteiger partial charge in [-0.15, -0.1) is 0 Å². The van der Waals surface area contributed by atoms with Crippen LogP contribution in [0, 0.1) is 0 Å². The Morgan fingerprint density at radius 3 is 2.12 bits per heavy atom. The summed E-state index contributed by atoms with van der Waals surface area (Å²) in [4.78, 5) is 27.0. The maximum atomic E-state index is 13.1. The second-order valence-electron chi connectivity index (χ2n) is 8.52. The largest absolute Gasteiger partial charge is 0.279 e. The number of aromatic nitrogens is 2. The van der Waals surface area contributed by atoms with Crippen LogP contribution in [0.1, 0.15) is 47.1 Å². The fourth-order valence-corrected chi connectivity index (χ4v) is 4.79. The van der Waals surface area contributed by atoms with Crippen molar-refractivity contribution in [2.24, 2.45) is 7.05 Å². The van der Waals surface area contributed by atoms with E-state index in [0.717, 1.165) is 10.5 Å². The van der Waals surface area contributed by atoms with Crippen molar-refractivity contribution in [3.05, 3.63) is 70.4 Å². The van der Waals surface area contributed by atoms with E-state index in [9.17, 15) is 18.0 Å². The third-order valence-corrected chi connectivity index (χ3v) is 6.89. The summed E-state index contributed by atoms with van der Waals surface area (Å²) in [6.07, 6.45) is 1.59. The maximum absolute atomic E-state index is 13.1. The highest BCUT2D eigenvalue weighted by Gasteiger charge is 2.42. The summed E-state index contributed by atoms with van der Waals surface area (Å²) in [7, 11) is -2.37. The summed E-state index contributed by atoms with van der Waals surface area (Å²) in [5.74, 6) is -1.24. The number of nitrogens with one attached hydrogen (secondary N) is 1. The van der Waals surface area contributed by atoms with Crippen LogP contribution in [0.25, 0.3) is 0 Å². The summed E-state index contributed by atoms with van der Waals surface area (Å²) in [5.41, 5.74) is 0.652. The monoisotopic (exact) mass is 472 g/mol. The molecule has 10 heteroatoms. The lowest BCUT2D eigenvalue weighted by molar-refractivity contribution is 0.0925. The number of imide groups is 1. The van der Waals surface area contributed by atoms with Gasteiger partial charge in [-0.25, -0.2) is 13.3 Å². The smallest absolute Gasteiger partial charge is 0.269 e. The van der Waals surface area contributed by atoms with Crippen LogP contribution in [0.3, 0.4) is 0 Å². The highest BCUT2D eigenvalue weighted by atomic mass is 35.5. The van der Waals surface area contributed by atoms with Gasteiger partial charge in [0.1, 0.15) is 0 Å². The van der Waals surface area contributed by atoms with Gasteiger partial charge in [0.2, 0.25) is 0 Å². The average Bonchev–Trinajstić information content (AvgIpc) is 3.24. The van der Waals surface area contributed by atoms with Gasteiger partial charge >= 0.3 is 0 Å². The van der Waals surface area contributed by atoms with Crippen LogP contribution in [0.5, 0.6) is 0 Å². The lowest BCUT2D eigenvalue weighted by Gasteiger charge is -2.19. The van der Waals surface area contributed by atoms with Crippen molar-refractivity contribution < 1.29 is 18.0 Å².